The van der Waals surface area contributed by atoms with Crippen LogP contribution in [0.25, 0.3) is 0 Å². The summed E-state index contributed by atoms with van der Waals surface area (Å²) in [6.45, 7) is 6.50. The molecular formula is C27H28N6O3. The lowest BCUT2D eigenvalue weighted by Gasteiger charge is -2.08. The zero-order valence-electron chi connectivity index (χ0n) is 20.5. The third-order valence-electron chi connectivity index (χ3n) is 5.00. The maximum atomic E-state index is 12.7. The van der Waals surface area contributed by atoms with E-state index < -0.39 is 0 Å². The van der Waals surface area contributed by atoms with Gasteiger partial charge in [-0.25, -0.2) is 5.43 Å². The molecule has 0 fully saturated rings. The molecule has 3 aromatic carbocycles. The molecule has 0 atom stereocenters. The van der Waals surface area contributed by atoms with E-state index in [2.05, 4.69) is 31.7 Å². The molecular weight excluding hydrogens is 456 g/mol. The minimum absolute atomic E-state index is 0.145. The summed E-state index contributed by atoms with van der Waals surface area (Å²) in [5.74, 6) is -0.686. The van der Waals surface area contributed by atoms with Crippen molar-refractivity contribution in [2.24, 2.45) is 10.2 Å². The molecule has 0 aliphatic heterocycles. The molecule has 184 valence electrons. The second-order valence-electron chi connectivity index (χ2n) is 8.05. The largest absolute Gasteiger partial charge is 0.326 e. The molecule has 0 saturated carbocycles. The first kappa shape index (κ1) is 25.8. The van der Waals surface area contributed by atoms with Gasteiger partial charge >= 0.3 is 0 Å². The first-order chi connectivity index (χ1) is 17.2. The van der Waals surface area contributed by atoms with Crippen molar-refractivity contribution >= 4 is 46.2 Å². The van der Waals surface area contributed by atoms with Gasteiger partial charge in [0.15, 0.2) is 0 Å². The van der Waals surface area contributed by atoms with Crippen molar-refractivity contribution in [3.8, 4) is 0 Å². The molecule has 36 heavy (non-hydrogen) atoms. The number of carbonyl (C=O) groups excluding carboxylic acids is 3. The molecule has 0 radical (unpaired) electrons. The lowest BCUT2D eigenvalue weighted by atomic mass is 10.1. The van der Waals surface area contributed by atoms with Crippen molar-refractivity contribution in [2.75, 3.05) is 16.1 Å². The van der Waals surface area contributed by atoms with Crippen LogP contribution in [0.15, 0.2) is 83.0 Å². The Balaban J connectivity index is 1.66. The van der Waals surface area contributed by atoms with Gasteiger partial charge in [-0.1, -0.05) is 30.3 Å². The Morgan fingerprint density at radius 3 is 1.56 bits per heavy atom. The highest BCUT2D eigenvalue weighted by Crippen LogP contribution is 2.15. The van der Waals surface area contributed by atoms with Gasteiger partial charge in [-0.3, -0.25) is 19.8 Å². The van der Waals surface area contributed by atoms with Crippen molar-refractivity contribution in [3.05, 3.63) is 89.5 Å². The van der Waals surface area contributed by atoms with Gasteiger partial charge in [0, 0.05) is 30.8 Å². The van der Waals surface area contributed by atoms with Crippen LogP contribution in [0.1, 0.15) is 49.2 Å². The molecule has 0 aliphatic rings. The second-order valence-corrected chi connectivity index (χ2v) is 8.05. The third-order valence-corrected chi connectivity index (χ3v) is 5.00. The number of hydrazone groups is 2. The normalized spacial score (nSPS) is 11.4. The van der Waals surface area contributed by atoms with E-state index in [0.717, 1.165) is 11.1 Å². The number of nitrogens with zero attached hydrogens (tertiary/aromatic N) is 2. The predicted octanol–water partition coefficient (Wildman–Crippen LogP) is 4.59. The molecule has 0 spiro atoms. The molecule has 0 bridgehead atoms. The average molecular weight is 485 g/mol. The van der Waals surface area contributed by atoms with Gasteiger partial charge in [0.1, 0.15) is 0 Å². The topological polar surface area (TPSA) is 124 Å². The monoisotopic (exact) mass is 484 g/mol. The maximum Gasteiger partial charge on any atom is 0.271 e. The van der Waals surface area contributed by atoms with Crippen LogP contribution in [0, 0.1) is 0 Å². The van der Waals surface area contributed by atoms with E-state index in [1.807, 2.05) is 31.2 Å². The van der Waals surface area contributed by atoms with Gasteiger partial charge in [-0.15, -0.1) is 0 Å². The highest BCUT2D eigenvalue weighted by Gasteiger charge is 2.07. The summed E-state index contributed by atoms with van der Waals surface area (Å²) >= 11 is 0. The van der Waals surface area contributed by atoms with Gasteiger partial charge in [0.25, 0.3) is 5.91 Å². The Kier molecular flexibility index (Phi) is 8.66. The summed E-state index contributed by atoms with van der Waals surface area (Å²) in [6, 6.07) is 21.4. The van der Waals surface area contributed by atoms with Crippen molar-refractivity contribution < 1.29 is 14.4 Å². The Morgan fingerprint density at radius 1 is 0.583 bits per heavy atom. The minimum Gasteiger partial charge on any atom is -0.326 e. The molecule has 0 unspecified atom stereocenters. The summed E-state index contributed by atoms with van der Waals surface area (Å²) < 4.78 is 0. The molecule has 0 saturated heterocycles. The van der Waals surface area contributed by atoms with E-state index in [9.17, 15) is 14.4 Å². The number of anilines is 3. The SMILES string of the molecule is CC(=O)Nc1cccc(/C(C)=N/NC(=O)c2cccc(N/N=C(\C)c3cccc(NC(C)=O)c3)c2)c1. The van der Waals surface area contributed by atoms with E-state index in [-0.39, 0.29) is 17.7 Å². The molecule has 9 nitrogen and oxygen atoms in total. The van der Waals surface area contributed by atoms with Crippen molar-refractivity contribution in [1.29, 1.82) is 0 Å². The number of amides is 3. The summed E-state index contributed by atoms with van der Waals surface area (Å²) in [5, 5.41) is 14.1. The number of hydrogen-bond acceptors (Lipinski definition) is 6. The first-order valence-electron chi connectivity index (χ1n) is 11.2. The highest BCUT2D eigenvalue weighted by molar-refractivity contribution is 6.02. The van der Waals surface area contributed by atoms with Crippen molar-refractivity contribution in [1.82, 2.24) is 5.43 Å². The summed E-state index contributed by atoms with van der Waals surface area (Å²) in [5.41, 5.74) is 10.8. The third kappa shape index (κ3) is 7.63. The van der Waals surface area contributed by atoms with Crippen molar-refractivity contribution in [2.45, 2.75) is 27.7 Å². The zero-order valence-corrected chi connectivity index (χ0v) is 20.5. The van der Waals surface area contributed by atoms with E-state index in [4.69, 9.17) is 0 Å². The molecule has 3 aromatic rings. The summed E-state index contributed by atoms with van der Waals surface area (Å²) in [4.78, 5) is 35.2. The molecule has 3 rings (SSSR count). The fourth-order valence-electron chi connectivity index (χ4n) is 3.26. The number of benzene rings is 3. The van der Waals surface area contributed by atoms with Gasteiger partial charge in [-0.2, -0.15) is 10.2 Å². The lowest BCUT2D eigenvalue weighted by molar-refractivity contribution is -0.115. The number of rotatable bonds is 8. The van der Waals surface area contributed by atoms with Crippen molar-refractivity contribution in [3.63, 3.8) is 0 Å². The molecule has 9 heteroatoms. The van der Waals surface area contributed by atoms with Crippen LogP contribution in [-0.2, 0) is 9.59 Å². The quantitative estimate of drug-likeness (QED) is 0.276. The van der Waals surface area contributed by atoms with Crippen LogP contribution in [0.4, 0.5) is 17.1 Å². The lowest BCUT2D eigenvalue weighted by Crippen LogP contribution is -2.19. The van der Waals surface area contributed by atoms with Crippen LogP contribution in [0.5, 0.6) is 0 Å². The van der Waals surface area contributed by atoms with Crippen LogP contribution in [-0.4, -0.2) is 29.1 Å². The summed E-state index contributed by atoms with van der Waals surface area (Å²) in [6.07, 6.45) is 0. The smallest absolute Gasteiger partial charge is 0.271 e. The van der Waals surface area contributed by atoms with E-state index in [1.165, 1.54) is 13.8 Å². The summed E-state index contributed by atoms with van der Waals surface area (Å²) in [7, 11) is 0. The standard InChI is InChI=1S/C27H28N6O3/c1-17(21-8-5-11-24(14-21)28-19(3)34)30-32-26-13-7-10-23(16-26)27(36)33-31-18(2)22-9-6-12-25(15-22)29-20(4)35/h5-16,32H,1-4H3,(H,28,34)(H,29,35)(H,33,36)/b30-17+,31-18+. The Hall–Kier alpha value is -4.79. The predicted molar refractivity (Wildman–Crippen MR) is 143 cm³/mol. The Bertz CT molecular complexity index is 1350. The van der Waals surface area contributed by atoms with Gasteiger partial charge in [0.2, 0.25) is 11.8 Å². The first-order valence-corrected chi connectivity index (χ1v) is 11.2. The molecule has 0 heterocycles. The van der Waals surface area contributed by atoms with Crippen LogP contribution in [0.3, 0.4) is 0 Å². The number of hydrogen-bond donors (Lipinski definition) is 4. The Labute approximate surface area is 209 Å². The number of carbonyl (C=O) groups is 3. The average Bonchev–Trinajstić information content (AvgIpc) is 2.85. The van der Waals surface area contributed by atoms with Gasteiger partial charge < -0.3 is 10.6 Å². The highest BCUT2D eigenvalue weighted by atomic mass is 16.2. The minimum atomic E-state index is -0.375. The zero-order chi connectivity index (χ0) is 26.1. The van der Waals surface area contributed by atoms with Crippen LogP contribution >= 0.6 is 0 Å². The molecule has 3 amide bonds. The fourth-order valence-corrected chi connectivity index (χ4v) is 3.26. The second kappa shape index (κ2) is 12.1. The van der Waals surface area contributed by atoms with E-state index in [0.29, 0.717) is 34.0 Å². The van der Waals surface area contributed by atoms with E-state index in [1.54, 1.807) is 55.5 Å². The fraction of sp³-hybridized carbons (Fsp3) is 0.148. The Morgan fingerprint density at radius 2 is 1.03 bits per heavy atom. The van der Waals surface area contributed by atoms with Gasteiger partial charge in [0.05, 0.1) is 17.1 Å². The van der Waals surface area contributed by atoms with E-state index >= 15 is 0 Å². The molecule has 0 aliphatic carbocycles. The maximum absolute atomic E-state index is 12.7. The van der Waals surface area contributed by atoms with Crippen LogP contribution in [0.2, 0.25) is 0 Å². The molecule has 0 aromatic heterocycles. The number of nitrogens with one attached hydrogen (secondary N) is 4. The van der Waals surface area contributed by atoms with Crippen LogP contribution < -0.4 is 21.5 Å². The van der Waals surface area contributed by atoms with Gasteiger partial charge in [-0.05, 0) is 67.4 Å². The molecule has 4 N–H and O–H groups in total.